The van der Waals surface area contributed by atoms with E-state index in [1.807, 2.05) is 0 Å². The summed E-state index contributed by atoms with van der Waals surface area (Å²) in [6.45, 7) is -0.187. The minimum absolute atomic E-state index is 0.0709. The first-order chi connectivity index (χ1) is 14.7. The Balaban J connectivity index is 1.37. The lowest BCUT2D eigenvalue weighted by Crippen LogP contribution is -2.45. The highest BCUT2D eigenvalue weighted by Crippen LogP contribution is 2.49. The SMILES string of the molecule is O=C(Nc1cc(Cl)c(Cl)cc1OCC1CC1(F)F)N1[C@H]2CC[C@@H]1c1n[nH]c(=O)cc1C2. The van der Waals surface area contributed by atoms with E-state index in [0.717, 1.165) is 18.4 Å². The molecule has 5 rings (SSSR count). The average molecular weight is 471 g/mol. The monoisotopic (exact) mass is 470 g/mol. The molecule has 1 saturated heterocycles. The summed E-state index contributed by atoms with van der Waals surface area (Å²) in [5, 5.41) is 9.77. The number of nitrogens with zero attached hydrogens (tertiary/aromatic N) is 2. The van der Waals surface area contributed by atoms with E-state index in [4.69, 9.17) is 27.9 Å². The number of urea groups is 1. The van der Waals surface area contributed by atoms with E-state index in [0.29, 0.717) is 12.1 Å². The predicted molar refractivity (Wildman–Crippen MR) is 110 cm³/mol. The summed E-state index contributed by atoms with van der Waals surface area (Å²) in [6, 6.07) is 3.67. The molecule has 1 aliphatic carbocycles. The minimum Gasteiger partial charge on any atom is -0.491 e. The third kappa shape index (κ3) is 3.74. The Morgan fingerprint density at radius 2 is 2.03 bits per heavy atom. The van der Waals surface area contributed by atoms with Crippen LogP contribution < -0.4 is 15.6 Å². The van der Waals surface area contributed by atoms with Gasteiger partial charge in [0.05, 0.1) is 40.0 Å². The number of carbonyl (C=O) groups is 1. The molecule has 3 heterocycles. The van der Waals surface area contributed by atoms with Crippen LogP contribution in [0.1, 0.15) is 36.6 Å². The van der Waals surface area contributed by atoms with E-state index in [1.165, 1.54) is 18.2 Å². The van der Waals surface area contributed by atoms with Gasteiger partial charge in [0.1, 0.15) is 5.75 Å². The maximum absolute atomic E-state index is 13.2. The molecular weight excluding hydrogens is 453 g/mol. The fraction of sp³-hybridized carbons (Fsp3) is 0.450. The number of aromatic amines is 1. The van der Waals surface area contributed by atoms with E-state index in [2.05, 4.69) is 15.5 Å². The lowest BCUT2D eigenvalue weighted by atomic mass is 9.99. The fourth-order valence-electron chi connectivity index (χ4n) is 4.38. The van der Waals surface area contributed by atoms with Gasteiger partial charge in [-0.15, -0.1) is 0 Å². The van der Waals surface area contributed by atoms with Crippen molar-refractivity contribution in [1.29, 1.82) is 0 Å². The van der Waals surface area contributed by atoms with Gasteiger partial charge in [-0.25, -0.2) is 18.7 Å². The minimum atomic E-state index is -2.71. The molecule has 164 valence electrons. The van der Waals surface area contributed by atoms with Crippen LogP contribution in [0.25, 0.3) is 0 Å². The van der Waals surface area contributed by atoms with Crippen molar-refractivity contribution in [2.24, 2.45) is 5.92 Å². The van der Waals surface area contributed by atoms with Crippen LogP contribution in [-0.2, 0) is 6.42 Å². The molecule has 2 amide bonds. The molecule has 2 N–H and O–H groups in total. The summed E-state index contributed by atoms with van der Waals surface area (Å²) >= 11 is 12.2. The molecule has 1 unspecified atom stereocenters. The number of halogens is 4. The molecule has 11 heteroatoms. The summed E-state index contributed by atoms with van der Waals surface area (Å²) in [5.41, 5.74) is 1.52. The number of hydrogen-bond acceptors (Lipinski definition) is 4. The number of anilines is 1. The third-order valence-corrected chi connectivity index (χ3v) is 6.81. The second kappa shape index (κ2) is 7.34. The molecule has 2 aliphatic heterocycles. The highest BCUT2D eigenvalue weighted by atomic mass is 35.5. The second-order valence-electron chi connectivity index (χ2n) is 8.17. The van der Waals surface area contributed by atoms with Crippen LogP contribution in [0.15, 0.2) is 23.0 Å². The molecule has 0 spiro atoms. The van der Waals surface area contributed by atoms with Crippen LogP contribution >= 0.6 is 23.2 Å². The highest BCUT2D eigenvalue weighted by molar-refractivity contribution is 6.42. The lowest BCUT2D eigenvalue weighted by molar-refractivity contribution is 0.0856. The van der Waals surface area contributed by atoms with Gasteiger partial charge in [0.25, 0.3) is 11.5 Å². The van der Waals surface area contributed by atoms with E-state index in [1.54, 1.807) is 4.90 Å². The van der Waals surface area contributed by atoms with Gasteiger partial charge in [-0.3, -0.25) is 4.79 Å². The van der Waals surface area contributed by atoms with Gasteiger partial charge >= 0.3 is 6.03 Å². The Labute approximate surface area is 185 Å². The van der Waals surface area contributed by atoms with E-state index in [9.17, 15) is 18.4 Å². The van der Waals surface area contributed by atoms with Gasteiger partial charge in [-0.1, -0.05) is 23.2 Å². The van der Waals surface area contributed by atoms with Crippen molar-refractivity contribution in [2.75, 3.05) is 11.9 Å². The Hall–Kier alpha value is -2.39. The maximum atomic E-state index is 13.2. The largest absolute Gasteiger partial charge is 0.491 e. The van der Waals surface area contributed by atoms with Crippen LogP contribution in [0, 0.1) is 5.92 Å². The second-order valence-corrected chi connectivity index (χ2v) is 8.98. The smallest absolute Gasteiger partial charge is 0.322 e. The van der Waals surface area contributed by atoms with Gasteiger partial charge in [-0.05, 0) is 30.9 Å². The number of amides is 2. The van der Waals surface area contributed by atoms with Crippen LogP contribution in [0.3, 0.4) is 0 Å². The van der Waals surface area contributed by atoms with Crippen molar-refractivity contribution in [3.63, 3.8) is 0 Å². The Morgan fingerprint density at radius 1 is 1.29 bits per heavy atom. The lowest BCUT2D eigenvalue weighted by Gasteiger charge is -2.35. The van der Waals surface area contributed by atoms with Crippen molar-refractivity contribution >= 4 is 34.9 Å². The molecule has 3 atom stereocenters. The van der Waals surface area contributed by atoms with Gasteiger partial charge < -0.3 is 15.0 Å². The Bertz CT molecular complexity index is 1130. The van der Waals surface area contributed by atoms with Crippen molar-refractivity contribution < 1.29 is 18.3 Å². The normalized spacial score (nSPS) is 25.2. The zero-order chi connectivity index (χ0) is 21.9. The molecule has 2 fully saturated rings. The van der Waals surface area contributed by atoms with Crippen molar-refractivity contribution in [3.8, 4) is 5.75 Å². The quantitative estimate of drug-likeness (QED) is 0.692. The van der Waals surface area contributed by atoms with Gasteiger partial charge in [0.2, 0.25) is 0 Å². The number of hydrogen-bond donors (Lipinski definition) is 2. The number of rotatable bonds is 4. The summed E-state index contributed by atoms with van der Waals surface area (Å²) in [5.74, 6) is -3.39. The van der Waals surface area contributed by atoms with Gasteiger partial charge in [0, 0.05) is 24.6 Å². The first-order valence-corrected chi connectivity index (χ1v) is 10.7. The van der Waals surface area contributed by atoms with Crippen molar-refractivity contribution in [2.45, 2.75) is 43.7 Å². The molecule has 1 aromatic heterocycles. The zero-order valence-corrected chi connectivity index (χ0v) is 17.6. The Morgan fingerprint density at radius 3 is 2.77 bits per heavy atom. The van der Waals surface area contributed by atoms with Crippen LogP contribution in [-0.4, -0.2) is 39.7 Å². The summed E-state index contributed by atoms with van der Waals surface area (Å²) in [4.78, 5) is 26.5. The van der Waals surface area contributed by atoms with Gasteiger partial charge in [0.15, 0.2) is 0 Å². The first-order valence-electron chi connectivity index (χ1n) is 9.90. The van der Waals surface area contributed by atoms with Crippen LogP contribution in [0.5, 0.6) is 5.75 Å². The summed E-state index contributed by atoms with van der Waals surface area (Å²) in [7, 11) is 0. The molecule has 31 heavy (non-hydrogen) atoms. The van der Waals surface area contributed by atoms with E-state index < -0.39 is 11.8 Å². The zero-order valence-electron chi connectivity index (χ0n) is 16.1. The molecular formula is C20H18Cl2F2N4O3. The highest BCUT2D eigenvalue weighted by Gasteiger charge is 2.57. The Kier molecular flexibility index (Phi) is 4.86. The maximum Gasteiger partial charge on any atom is 0.322 e. The first kappa shape index (κ1) is 20.5. The van der Waals surface area contributed by atoms with E-state index >= 15 is 0 Å². The summed E-state index contributed by atoms with van der Waals surface area (Å²) < 4.78 is 32.0. The topological polar surface area (TPSA) is 87.3 Å². The number of alkyl halides is 2. The number of benzene rings is 1. The van der Waals surface area contributed by atoms with Gasteiger partial charge in [-0.2, -0.15) is 5.10 Å². The standard InChI is InChI=1S/C20H18Cl2F2N4O3/c21-12-5-14(16(6-13(12)22)31-8-10-7-20(10,23)24)25-19(30)28-11-1-2-15(28)18-9(3-11)4-17(29)26-27-18/h4-6,10-11,15H,1-3,7-8H2,(H,25,30)(H,26,29)/t10?,11-,15+/m0/s1. The van der Waals surface area contributed by atoms with E-state index in [-0.39, 0.29) is 58.2 Å². The van der Waals surface area contributed by atoms with Crippen LogP contribution in [0.2, 0.25) is 10.0 Å². The number of H-pyrrole nitrogens is 1. The molecule has 2 aromatic rings. The number of fused-ring (bicyclic) bond motifs is 4. The average Bonchev–Trinajstić information content (AvgIpc) is 3.19. The number of aromatic nitrogens is 2. The van der Waals surface area contributed by atoms with Crippen LogP contribution in [0.4, 0.5) is 19.3 Å². The number of nitrogens with one attached hydrogen (secondary N) is 2. The molecule has 7 nitrogen and oxygen atoms in total. The van der Waals surface area contributed by atoms with Crippen molar-refractivity contribution in [3.05, 3.63) is 49.9 Å². The number of carbonyl (C=O) groups excluding carboxylic acids is 1. The third-order valence-electron chi connectivity index (χ3n) is 6.09. The fourth-order valence-corrected chi connectivity index (χ4v) is 4.70. The molecule has 3 aliphatic rings. The molecule has 2 bridgehead atoms. The summed E-state index contributed by atoms with van der Waals surface area (Å²) in [6.07, 6.45) is 1.83. The molecule has 1 saturated carbocycles. The molecule has 1 aromatic carbocycles. The number of ether oxygens (including phenoxy) is 1. The molecule has 0 radical (unpaired) electrons. The predicted octanol–water partition coefficient (Wildman–Crippen LogP) is 4.40. The van der Waals surface area contributed by atoms with Crippen molar-refractivity contribution in [1.82, 2.24) is 15.1 Å².